The Labute approximate surface area is 130 Å². The SMILES string of the molecule is COc1cccc(CCCN)c1OCc1ccccc1Cl. The lowest BCUT2D eigenvalue weighted by atomic mass is 10.1. The molecule has 0 aliphatic rings. The lowest BCUT2D eigenvalue weighted by molar-refractivity contribution is 0.281. The molecule has 0 atom stereocenters. The van der Waals surface area contributed by atoms with Crippen molar-refractivity contribution in [1.29, 1.82) is 0 Å². The van der Waals surface area contributed by atoms with E-state index in [2.05, 4.69) is 0 Å². The highest BCUT2D eigenvalue weighted by molar-refractivity contribution is 6.31. The minimum absolute atomic E-state index is 0.412. The standard InChI is InChI=1S/C17H20ClNO2/c1-20-16-10-4-7-13(8-5-11-19)17(16)21-12-14-6-2-3-9-15(14)18/h2-4,6-7,9-10H,5,8,11-12,19H2,1H3. The molecule has 2 N–H and O–H groups in total. The number of aryl methyl sites for hydroxylation is 1. The van der Waals surface area contributed by atoms with Gasteiger partial charge in [0.25, 0.3) is 0 Å². The topological polar surface area (TPSA) is 44.5 Å². The number of hydrogen-bond acceptors (Lipinski definition) is 3. The van der Waals surface area contributed by atoms with Gasteiger partial charge in [0.2, 0.25) is 0 Å². The predicted molar refractivity (Wildman–Crippen MR) is 86.2 cm³/mol. The van der Waals surface area contributed by atoms with E-state index in [1.54, 1.807) is 7.11 Å². The van der Waals surface area contributed by atoms with Crippen molar-refractivity contribution in [1.82, 2.24) is 0 Å². The summed E-state index contributed by atoms with van der Waals surface area (Å²) in [7, 11) is 1.64. The maximum atomic E-state index is 6.16. The van der Waals surface area contributed by atoms with Crippen molar-refractivity contribution >= 4 is 11.6 Å². The molecule has 2 aromatic carbocycles. The molecule has 0 spiro atoms. The van der Waals surface area contributed by atoms with Gasteiger partial charge in [-0.15, -0.1) is 0 Å². The molecule has 2 aromatic rings. The van der Waals surface area contributed by atoms with Crippen LogP contribution >= 0.6 is 11.6 Å². The molecule has 0 bridgehead atoms. The molecular formula is C17H20ClNO2. The molecule has 0 aliphatic carbocycles. The molecule has 0 aromatic heterocycles. The van der Waals surface area contributed by atoms with E-state index < -0.39 is 0 Å². The molecule has 0 radical (unpaired) electrons. The van der Waals surface area contributed by atoms with Crippen molar-refractivity contribution in [3.63, 3.8) is 0 Å². The van der Waals surface area contributed by atoms with Crippen molar-refractivity contribution in [3.05, 3.63) is 58.6 Å². The third kappa shape index (κ3) is 4.13. The van der Waals surface area contributed by atoms with E-state index in [0.717, 1.165) is 35.5 Å². The smallest absolute Gasteiger partial charge is 0.164 e. The van der Waals surface area contributed by atoms with Crippen LogP contribution < -0.4 is 15.2 Å². The maximum absolute atomic E-state index is 6.16. The summed E-state index contributed by atoms with van der Waals surface area (Å²) >= 11 is 6.16. The van der Waals surface area contributed by atoms with Crippen LogP contribution in [0.25, 0.3) is 0 Å². The van der Waals surface area contributed by atoms with Crippen LogP contribution in [0.1, 0.15) is 17.5 Å². The molecule has 0 amide bonds. The van der Waals surface area contributed by atoms with E-state index in [-0.39, 0.29) is 0 Å². The summed E-state index contributed by atoms with van der Waals surface area (Å²) in [6.45, 7) is 1.07. The summed E-state index contributed by atoms with van der Waals surface area (Å²) in [5, 5.41) is 0.705. The number of nitrogens with two attached hydrogens (primary N) is 1. The Hall–Kier alpha value is -1.71. The fourth-order valence-corrected chi connectivity index (χ4v) is 2.33. The number of para-hydroxylation sites is 1. The minimum Gasteiger partial charge on any atom is -0.493 e. The van der Waals surface area contributed by atoms with E-state index in [1.807, 2.05) is 42.5 Å². The minimum atomic E-state index is 0.412. The Morgan fingerprint density at radius 1 is 1.05 bits per heavy atom. The van der Waals surface area contributed by atoms with Gasteiger partial charge in [-0.25, -0.2) is 0 Å². The van der Waals surface area contributed by atoms with Gasteiger partial charge in [-0.3, -0.25) is 0 Å². The molecule has 112 valence electrons. The Bertz CT molecular complexity index is 587. The number of ether oxygens (including phenoxy) is 2. The van der Waals surface area contributed by atoms with Crippen LogP contribution in [-0.4, -0.2) is 13.7 Å². The molecule has 0 saturated carbocycles. The lowest BCUT2D eigenvalue weighted by Gasteiger charge is -2.15. The van der Waals surface area contributed by atoms with Gasteiger partial charge >= 0.3 is 0 Å². The molecule has 3 nitrogen and oxygen atoms in total. The molecule has 0 unspecified atom stereocenters. The van der Waals surface area contributed by atoms with Crippen molar-refractivity contribution in [3.8, 4) is 11.5 Å². The molecule has 0 saturated heterocycles. The number of benzene rings is 2. The monoisotopic (exact) mass is 305 g/mol. The maximum Gasteiger partial charge on any atom is 0.164 e. The van der Waals surface area contributed by atoms with Crippen molar-refractivity contribution in [2.75, 3.05) is 13.7 Å². The zero-order valence-electron chi connectivity index (χ0n) is 12.1. The number of methoxy groups -OCH3 is 1. The normalized spacial score (nSPS) is 10.4. The highest BCUT2D eigenvalue weighted by Crippen LogP contribution is 2.33. The molecule has 0 heterocycles. The first-order chi connectivity index (χ1) is 10.3. The fourth-order valence-electron chi connectivity index (χ4n) is 2.14. The second kappa shape index (κ2) is 7.91. The summed E-state index contributed by atoms with van der Waals surface area (Å²) in [5.74, 6) is 1.50. The third-order valence-corrected chi connectivity index (χ3v) is 3.63. The van der Waals surface area contributed by atoms with Crippen LogP contribution in [0, 0.1) is 0 Å². The number of rotatable bonds is 7. The van der Waals surface area contributed by atoms with Gasteiger partial charge in [-0.05, 0) is 37.1 Å². The van der Waals surface area contributed by atoms with E-state index in [0.29, 0.717) is 18.2 Å². The van der Waals surface area contributed by atoms with Gasteiger partial charge in [0, 0.05) is 10.6 Å². The van der Waals surface area contributed by atoms with Gasteiger partial charge in [0.15, 0.2) is 11.5 Å². The summed E-state index contributed by atoms with van der Waals surface area (Å²) in [6, 6.07) is 13.6. The largest absolute Gasteiger partial charge is 0.493 e. The van der Waals surface area contributed by atoms with Crippen molar-refractivity contribution in [2.24, 2.45) is 5.73 Å². The molecular weight excluding hydrogens is 286 g/mol. The Balaban J connectivity index is 2.19. The lowest BCUT2D eigenvalue weighted by Crippen LogP contribution is -2.04. The highest BCUT2D eigenvalue weighted by atomic mass is 35.5. The molecule has 4 heteroatoms. The van der Waals surface area contributed by atoms with Gasteiger partial charge < -0.3 is 15.2 Å². The van der Waals surface area contributed by atoms with E-state index >= 15 is 0 Å². The van der Waals surface area contributed by atoms with Gasteiger partial charge in [0.1, 0.15) is 6.61 Å². The number of halogens is 1. The predicted octanol–water partition coefficient (Wildman–Crippen LogP) is 3.82. The second-order valence-electron chi connectivity index (χ2n) is 4.72. The average Bonchev–Trinajstić information content (AvgIpc) is 2.52. The summed E-state index contributed by atoms with van der Waals surface area (Å²) < 4.78 is 11.4. The van der Waals surface area contributed by atoms with Crippen molar-refractivity contribution in [2.45, 2.75) is 19.4 Å². The summed E-state index contributed by atoms with van der Waals surface area (Å²) in [5.41, 5.74) is 7.65. The van der Waals surface area contributed by atoms with Gasteiger partial charge in [-0.2, -0.15) is 0 Å². The summed E-state index contributed by atoms with van der Waals surface area (Å²) in [4.78, 5) is 0. The van der Waals surface area contributed by atoms with E-state index in [4.69, 9.17) is 26.8 Å². The Kier molecular flexibility index (Phi) is 5.90. The zero-order valence-corrected chi connectivity index (χ0v) is 12.9. The van der Waals surface area contributed by atoms with Crippen LogP contribution in [0.4, 0.5) is 0 Å². The van der Waals surface area contributed by atoms with Gasteiger partial charge in [0.05, 0.1) is 7.11 Å². The third-order valence-electron chi connectivity index (χ3n) is 3.26. The molecule has 21 heavy (non-hydrogen) atoms. The second-order valence-corrected chi connectivity index (χ2v) is 5.13. The first-order valence-corrected chi connectivity index (χ1v) is 7.36. The molecule has 0 fully saturated rings. The highest BCUT2D eigenvalue weighted by Gasteiger charge is 2.11. The first kappa shape index (κ1) is 15.7. The van der Waals surface area contributed by atoms with Crippen molar-refractivity contribution < 1.29 is 9.47 Å². The quantitative estimate of drug-likeness (QED) is 0.846. The van der Waals surface area contributed by atoms with E-state index in [1.165, 1.54) is 0 Å². The zero-order chi connectivity index (χ0) is 15.1. The summed E-state index contributed by atoms with van der Waals surface area (Å²) in [6.07, 6.45) is 1.78. The molecule has 2 rings (SSSR count). The Morgan fingerprint density at radius 2 is 1.81 bits per heavy atom. The van der Waals surface area contributed by atoms with Crippen LogP contribution in [0.3, 0.4) is 0 Å². The number of hydrogen-bond donors (Lipinski definition) is 1. The van der Waals surface area contributed by atoms with Crippen LogP contribution in [0.5, 0.6) is 11.5 Å². The van der Waals surface area contributed by atoms with E-state index in [9.17, 15) is 0 Å². The Morgan fingerprint density at radius 3 is 2.52 bits per heavy atom. The molecule has 0 aliphatic heterocycles. The van der Waals surface area contributed by atoms with Crippen LogP contribution in [0.15, 0.2) is 42.5 Å². The van der Waals surface area contributed by atoms with Crippen LogP contribution in [0.2, 0.25) is 5.02 Å². The van der Waals surface area contributed by atoms with Gasteiger partial charge in [-0.1, -0.05) is 41.9 Å². The fraction of sp³-hybridized carbons (Fsp3) is 0.294. The first-order valence-electron chi connectivity index (χ1n) is 6.98. The van der Waals surface area contributed by atoms with Crippen LogP contribution in [-0.2, 0) is 13.0 Å². The average molecular weight is 306 g/mol.